The highest BCUT2D eigenvalue weighted by molar-refractivity contribution is 7.89. The quantitative estimate of drug-likeness (QED) is 0.768. The maximum atomic E-state index is 13.3. The van der Waals surface area contributed by atoms with E-state index in [2.05, 4.69) is 0 Å². The van der Waals surface area contributed by atoms with Gasteiger partial charge >= 0.3 is 0 Å². The third-order valence-electron chi connectivity index (χ3n) is 5.74. The number of benzene rings is 2. The van der Waals surface area contributed by atoms with Gasteiger partial charge in [-0.15, -0.1) is 0 Å². The highest BCUT2D eigenvalue weighted by Gasteiger charge is 2.30. The summed E-state index contributed by atoms with van der Waals surface area (Å²) in [7, 11) is -2.15. The van der Waals surface area contributed by atoms with Gasteiger partial charge in [-0.3, -0.25) is 4.79 Å². The van der Waals surface area contributed by atoms with Crippen molar-refractivity contribution in [2.24, 2.45) is 0 Å². The molecule has 0 saturated carbocycles. The van der Waals surface area contributed by atoms with Gasteiger partial charge in [0, 0.05) is 25.3 Å². The molecule has 0 spiro atoms. The summed E-state index contributed by atoms with van der Waals surface area (Å²) in [6, 6.07) is 12.4. The first-order valence-corrected chi connectivity index (χ1v) is 11.5. The molecule has 1 saturated heterocycles. The maximum absolute atomic E-state index is 13.3. The Morgan fingerprint density at radius 2 is 1.69 bits per heavy atom. The van der Waals surface area contributed by atoms with Crippen molar-refractivity contribution in [3.63, 3.8) is 0 Å². The average Bonchev–Trinajstić information content (AvgIpc) is 2.97. The SMILES string of the molecule is COc1ccc(S(=O)(=O)N2CCCCCC2)cc1C(=O)N1CCc2ccccc21. The van der Waals surface area contributed by atoms with Crippen molar-refractivity contribution in [1.82, 2.24) is 4.31 Å². The molecule has 7 heteroatoms. The van der Waals surface area contributed by atoms with Crippen LogP contribution in [0.25, 0.3) is 0 Å². The highest BCUT2D eigenvalue weighted by atomic mass is 32.2. The number of fused-ring (bicyclic) bond motifs is 1. The second-order valence-corrected chi connectivity index (χ2v) is 9.45. The van der Waals surface area contributed by atoms with Crippen molar-refractivity contribution in [3.8, 4) is 5.75 Å². The maximum Gasteiger partial charge on any atom is 0.262 e. The number of ether oxygens (including phenoxy) is 1. The summed E-state index contributed by atoms with van der Waals surface area (Å²) in [6.45, 7) is 1.62. The molecule has 0 unspecified atom stereocenters. The van der Waals surface area contributed by atoms with Crippen LogP contribution in [0.3, 0.4) is 0 Å². The first-order chi connectivity index (χ1) is 14.0. The van der Waals surface area contributed by atoms with Gasteiger partial charge in [0.1, 0.15) is 5.75 Å². The number of para-hydroxylation sites is 1. The van der Waals surface area contributed by atoms with Crippen LogP contribution in [-0.4, -0.2) is 45.4 Å². The predicted molar refractivity (Wildman–Crippen MR) is 112 cm³/mol. The number of methoxy groups -OCH3 is 1. The molecule has 2 aliphatic heterocycles. The Morgan fingerprint density at radius 3 is 2.41 bits per heavy atom. The molecule has 0 aromatic heterocycles. The standard InChI is InChI=1S/C22H26N2O4S/c1-28-21-11-10-18(29(26,27)23-13-6-2-3-7-14-23)16-19(21)22(25)24-15-12-17-8-4-5-9-20(17)24/h4-5,8-11,16H,2-3,6-7,12-15H2,1H3. The summed E-state index contributed by atoms with van der Waals surface area (Å²) in [6.07, 6.45) is 4.62. The molecule has 29 heavy (non-hydrogen) atoms. The normalized spacial score (nSPS) is 17.6. The van der Waals surface area contributed by atoms with Crippen molar-refractivity contribution in [2.75, 3.05) is 31.6 Å². The molecule has 2 aromatic rings. The number of sulfonamides is 1. The summed E-state index contributed by atoms with van der Waals surface area (Å²) in [5.41, 5.74) is 2.27. The molecule has 0 radical (unpaired) electrons. The van der Waals surface area contributed by atoms with Crippen LogP contribution < -0.4 is 9.64 Å². The fourth-order valence-corrected chi connectivity index (χ4v) is 5.68. The number of amides is 1. The average molecular weight is 415 g/mol. The monoisotopic (exact) mass is 414 g/mol. The number of anilines is 1. The van der Waals surface area contributed by atoms with Crippen LogP contribution in [0.4, 0.5) is 5.69 Å². The van der Waals surface area contributed by atoms with Gasteiger partial charge in [-0.1, -0.05) is 31.0 Å². The van der Waals surface area contributed by atoms with Crippen LogP contribution in [0.1, 0.15) is 41.6 Å². The minimum absolute atomic E-state index is 0.149. The van der Waals surface area contributed by atoms with Gasteiger partial charge < -0.3 is 9.64 Å². The number of hydrogen-bond acceptors (Lipinski definition) is 4. The molecule has 0 atom stereocenters. The molecule has 0 N–H and O–H groups in total. The van der Waals surface area contributed by atoms with Gasteiger partial charge in [0.05, 0.1) is 17.6 Å². The van der Waals surface area contributed by atoms with Gasteiger partial charge in [-0.25, -0.2) is 8.42 Å². The van der Waals surface area contributed by atoms with Crippen LogP contribution in [-0.2, 0) is 16.4 Å². The van der Waals surface area contributed by atoms with E-state index in [1.807, 2.05) is 24.3 Å². The highest BCUT2D eigenvalue weighted by Crippen LogP contribution is 2.32. The first kappa shape index (κ1) is 19.9. The number of carbonyl (C=O) groups excluding carboxylic acids is 1. The van der Waals surface area contributed by atoms with Crippen LogP contribution in [0, 0.1) is 0 Å². The number of carbonyl (C=O) groups is 1. The lowest BCUT2D eigenvalue weighted by molar-refractivity contribution is 0.0986. The smallest absolute Gasteiger partial charge is 0.262 e. The summed E-state index contributed by atoms with van der Waals surface area (Å²) in [5, 5.41) is 0. The Morgan fingerprint density at radius 1 is 0.966 bits per heavy atom. The third-order valence-corrected chi connectivity index (χ3v) is 7.63. The fraction of sp³-hybridized carbons (Fsp3) is 0.409. The van der Waals surface area contributed by atoms with E-state index in [0.717, 1.165) is 43.4 Å². The van der Waals surface area contributed by atoms with Gasteiger partial charge in [-0.2, -0.15) is 4.31 Å². The molecular weight excluding hydrogens is 388 g/mol. The van der Waals surface area contributed by atoms with Gasteiger partial charge in [0.15, 0.2) is 0 Å². The third kappa shape index (κ3) is 3.76. The Balaban J connectivity index is 1.70. The topological polar surface area (TPSA) is 66.9 Å². The largest absolute Gasteiger partial charge is 0.496 e. The van der Waals surface area contributed by atoms with E-state index in [4.69, 9.17) is 4.74 Å². The molecule has 1 amide bonds. The van der Waals surface area contributed by atoms with Gasteiger partial charge in [0.2, 0.25) is 10.0 Å². The van der Waals surface area contributed by atoms with Crippen molar-refractivity contribution in [2.45, 2.75) is 37.0 Å². The number of rotatable bonds is 4. The summed E-state index contributed by atoms with van der Waals surface area (Å²) in [5.74, 6) is 0.147. The molecular formula is C22H26N2O4S. The van der Waals surface area contributed by atoms with Gasteiger partial charge in [-0.05, 0) is 49.1 Å². The molecule has 0 aliphatic carbocycles. The minimum atomic E-state index is -3.64. The summed E-state index contributed by atoms with van der Waals surface area (Å²) < 4.78 is 33.3. The van der Waals surface area contributed by atoms with E-state index in [-0.39, 0.29) is 16.4 Å². The Kier molecular flexibility index (Phi) is 5.61. The zero-order valence-electron chi connectivity index (χ0n) is 16.6. The fourth-order valence-electron chi connectivity index (χ4n) is 4.14. The molecule has 6 nitrogen and oxygen atoms in total. The summed E-state index contributed by atoms with van der Waals surface area (Å²) in [4.78, 5) is 15.2. The number of hydrogen-bond donors (Lipinski definition) is 0. The molecule has 4 rings (SSSR count). The van der Waals surface area contributed by atoms with Crippen LogP contribution in [0.5, 0.6) is 5.75 Å². The minimum Gasteiger partial charge on any atom is -0.496 e. The lowest BCUT2D eigenvalue weighted by Crippen LogP contribution is -2.33. The Hall–Kier alpha value is -2.38. The molecule has 154 valence electrons. The van der Waals surface area contributed by atoms with E-state index in [1.165, 1.54) is 19.2 Å². The molecule has 2 aliphatic rings. The second kappa shape index (κ2) is 8.16. The molecule has 0 bridgehead atoms. The van der Waals surface area contributed by atoms with E-state index in [9.17, 15) is 13.2 Å². The van der Waals surface area contributed by atoms with Crippen LogP contribution >= 0.6 is 0 Å². The Labute approximate surface area is 172 Å². The van der Waals surface area contributed by atoms with E-state index >= 15 is 0 Å². The van der Waals surface area contributed by atoms with Crippen molar-refractivity contribution in [3.05, 3.63) is 53.6 Å². The van der Waals surface area contributed by atoms with Crippen LogP contribution in [0.15, 0.2) is 47.4 Å². The Bertz CT molecular complexity index is 1010. The van der Waals surface area contributed by atoms with Crippen LogP contribution in [0.2, 0.25) is 0 Å². The molecule has 1 fully saturated rings. The lowest BCUT2D eigenvalue weighted by atomic mass is 10.1. The van der Waals surface area contributed by atoms with E-state index in [0.29, 0.717) is 25.4 Å². The number of nitrogens with zero attached hydrogens (tertiary/aromatic N) is 2. The van der Waals surface area contributed by atoms with E-state index in [1.54, 1.807) is 15.3 Å². The van der Waals surface area contributed by atoms with Crippen molar-refractivity contribution in [1.29, 1.82) is 0 Å². The predicted octanol–water partition coefficient (Wildman–Crippen LogP) is 3.46. The van der Waals surface area contributed by atoms with E-state index < -0.39 is 10.0 Å². The zero-order valence-corrected chi connectivity index (χ0v) is 17.5. The second-order valence-electron chi connectivity index (χ2n) is 7.52. The summed E-state index contributed by atoms with van der Waals surface area (Å²) >= 11 is 0. The lowest BCUT2D eigenvalue weighted by Gasteiger charge is -2.22. The zero-order chi connectivity index (χ0) is 20.4. The van der Waals surface area contributed by atoms with Gasteiger partial charge in [0.25, 0.3) is 5.91 Å². The van der Waals surface area contributed by atoms with Crippen molar-refractivity contribution < 1.29 is 17.9 Å². The molecule has 2 heterocycles. The first-order valence-electron chi connectivity index (χ1n) is 10.1. The van der Waals surface area contributed by atoms with Crippen molar-refractivity contribution >= 4 is 21.6 Å². The molecule has 2 aromatic carbocycles.